The molecule has 0 bridgehead atoms. The predicted molar refractivity (Wildman–Crippen MR) is 153 cm³/mol. The van der Waals surface area contributed by atoms with Gasteiger partial charge in [-0.1, -0.05) is 12.8 Å². The lowest BCUT2D eigenvalue weighted by Crippen LogP contribution is -2.40. The van der Waals surface area contributed by atoms with Crippen LogP contribution in [0.25, 0.3) is 11.0 Å². The lowest BCUT2D eigenvalue weighted by Gasteiger charge is -2.35. The van der Waals surface area contributed by atoms with Gasteiger partial charge in [-0.3, -0.25) is 9.46 Å². The Balaban J connectivity index is 1.47. The molecule has 1 aliphatic carbocycles. The van der Waals surface area contributed by atoms with E-state index in [0.717, 1.165) is 12.8 Å². The number of ether oxygens (including phenoxy) is 4. The number of fused-ring (bicyclic) bond motifs is 2. The average Bonchev–Trinajstić information content (AvgIpc) is 3.72. The molecule has 240 valence electrons. The van der Waals surface area contributed by atoms with E-state index in [2.05, 4.69) is 15.1 Å². The lowest BCUT2D eigenvalue weighted by molar-refractivity contribution is -0.206. The fraction of sp³-hybridized carbons (Fsp3) is 0.769. The van der Waals surface area contributed by atoms with E-state index in [1.807, 2.05) is 0 Å². The van der Waals surface area contributed by atoms with E-state index in [4.69, 9.17) is 39.6 Å². The number of aliphatic hydroxyl groups is 1. The van der Waals surface area contributed by atoms with E-state index >= 15 is 0 Å². The first-order chi connectivity index (χ1) is 20.4. The third-order valence-corrected chi connectivity index (χ3v) is 10.7. The van der Waals surface area contributed by atoms with Gasteiger partial charge < -0.3 is 38.2 Å². The maximum absolute atomic E-state index is 13.5. The molecule has 1 amide bonds. The van der Waals surface area contributed by atoms with Crippen LogP contribution in [-0.4, -0.2) is 98.0 Å². The van der Waals surface area contributed by atoms with E-state index in [9.17, 15) is 19.6 Å². The quantitative estimate of drug-likeness (QED) is 0.246. The van der Waals surface area contributed by atoms with Crippen molar-refractivity contribution >= 4 is 42.1 Å². The van der Waals surface area contributed by atoms with Gasteiger partial charge in [0.15, 0.2) is 28.8 Å². The molecule has 5 rings (SSSR count). The minimum absolute atomic E-state index is 0.0902. The zero-order valence-corrected chi connectivity index (χ0v) is 26.5. The number of aromatic nitrogens is 4. The molecule has 2 aromatic rings. The predicted octanol–water partition coefficient (Wildman–Crippen LogP) is 4.32. The van der Waals surface area contributed by atoms with Crippen LogP contribution in [0.1, 0.15) is 66.5 Å². The first-order valence-electron chi connectivity index (χ1n) is 14.4. The molecule has 2 aromatic heterocycles. The molecule has 2 N–H and O–H groups in total. The summed E-state index contributed by atoms with van der Waals surface area (Å²) in [7, 11) is -3.89. The molecule has 15 nitrogen and oxygen atoms in total. The van der Waals surface area contributed by atoms with Crippen LogP contribution in [0.15, 0.2) is 6.20 Å². The molecule has 3 fully saturated rings. The molecule has 3 aliphatic rings. The minimum atomic E-state index is -3.89. The Hall–Kier alpha value is -1.94. The Morgan fingerprint density at radius 1 is 1.21 bits per heavy atom. The van der Waals surface area contributed by atoms with E-state index in [-0.39, 0.29) is 42.6 Å². The molecule has 1 unspecified atom stereocenters. The Morgan fingerprint density at radius 2 is 1.86 bits per heavy atom. The highest BCUT2D eigenvalue weighted by atomic mass is 35.5. The summed E-state index contributed by atoms with van der Waals surface area (Å²) in [6.07, 6.45) is 0.654. The van der Waals surface area contributed by atoms with E-state index in [0.29, 0.717) is 18.2 Å². The largest absolute Gasteiger partial charge is 0.465 e. The van der Waals surface area contributed by atoms with Gasteiger partial charge in [0.2, 0.25) is 5.28 Å². The highest BCUT2D eigenvalue weighted by Crippen LogP contribution is 2.60. The molecule has 2 aliphatic heterocycles. The second kappa shape index (κ2) is 12.5. The van der Waals surface area contributed by atoms with Gasteiger partial charge in [0.25, 0.3) is 0 Å². The van der Waals surface area contributed by atoms with Crippen molar-refractivity contribution in [3.05, 3.63) is 11.5 Å². The summed E-state index contributed by atoms with van der Waals surface area (Å²) in [4.78, 5) is 22.3. The van der Waals surface area contributed by atoms with Gasteiger partial charge in [0.05, 0.1) is 38.0 Å². The Labute approximate surface area is 254 Å². The van der Waals surface area contributed by atoms with Gasteiger partial charge in [0, 0.05) is 6.04 Å². The van der Waals surface area contributed by atoms with Crippen LogP contribution in [0.3, 0.4) is 0 Å². The minimum Gasteiger partial charge on any atom is -0.465 e. The molecule has 1 saturated carbocycles. The van der Waals surface area contributed by atoms with Crippen LogP contribution in [0.2, 0.25) is 5.28 Å². The first-order valence-corrected chi connectivity index (χ1v) is 16.4. The fourth-order valence-corrected chi connectivity index (χ4v) is 7.82. The second-order valence-electron chi connectivity index (χ2n) is 11.3. The van der Waals surface area contributed by atoms with E-state index < -0.39 is 56.0 Å². The number of amides is 1. The molecule has 17 heteroatoms. The SMILES string of the molecule is CCOP(=O)(OCC)C(C)(CO)OC[C@H]1O[C@@H](n2ncc3c(N(C(=O)O)C4CCCC4)nc(Cl)nc32)[C@@H]2OC(C)(C)O[C@@H]21. The Morgan fingerprint density at radius 3 is 2.47 bits per heavy atom. The zero-order valence-electron chi connectivity index (χ0n) is 24.8. The molecule has 2 saturated heterocycles. The second-order valence-corrected chi connectivity index (χ2v) is 14.1. The van der Waals surface area contributed by atoms with Gasteiger partial charge >= 0.3 is 13.7 Å². The van der Waals surface area contributed by atoms with Crippen LogP contribution in [0, 0.1) is 0 Å². The molecule has 5 atom stereocenters. The summed E-state index contributed by atoms with van der Waals surface area (Å²) in [6.45, 7) is 7.71. The van der Waals surface area contributed by atoms with Crippen LogP contribution in [0.4, 0.5) is 10.6 Å². The van der Waals surface area contributed by atoms with Crippen molar-refractivity contribution in [1.29, 1.82) is 0 Å². The summed E-state index contributed by atoms with van der Waals surface area (Å²) >= 11 is 6.34. The molecule has 0 aromatic carbocycles. The summed E-state index contributed by atoms with van der Waals surface area (Å²) in [5.41, 5.74) is 0.260. The van der Waals surface area contributed by atoms with Gasteiger partial charge in [-0.2, -0.15) is 15.1 Å². The molecular weight excluding hydrogens is 609 g/mol. The number of nitrogens with zero attached hydrogens (tertiary/aromatic N) is 5. The lowest BCUT2D eigenvalue weighted by atomic mass is 10.1. The van der Waals surface area contributed by atoms with Crippen LogP contribution < -0.4 is 4.90 Å². The number of anilines is 1. The smallest absolute Gasteiger partial charge is 0.413 e. The van der Waals surface area contributed by atoms with Crippen LogP contribution in [-0.2, 0) is 32.6 Å². The van der Waals surface area contributed by atoms with Gasteiger partial charge in [-0.05, 0) is 59.1 Å². The average molecular weight is 648 g/mol. The summed E-state index contributed by atoms with van der Waals surface area (Å²) in [5, 5.41) is 23.4. The van der Waals surface area contributed by atoms with Gasteiger partial charge in [-0.15, -0.1) is 0 Å². The number of aliphatic hydroxyl groups excluding tert-OH is 1. The van der Waals surface area contributed by atoms with Crippen molar-refractivity contribution in [2.24, 2.45) is 0 Å². The first kappa shape index (κ1) is 32.5. The molecule has 4 heterocycles. The van der Waals surface area contributed by atoms with Gasteiger partial charge in [0.1, 0.15) is 18.3 Å². The summed E-state index contributed by atoms with van der Waals surface area (Å²) in [6, 6.07) is -0.235. The van der Waals surface area contributed by atoms with Crippen molar-refractivity contribution in [3.63, 3.8) is 0 Å². The van der Waals surface area contributed by atoms with Crippen molar-refractivity contribution in [3.8, 4) is 0 Å². The van der Waals surface area contributed by atoms with Crippen molar-refractivity contribution in [1.82, 2.24) is 19.7 Å². The number of rotatable bonds is 12. The monoisotopic (exact) mass is 647 g/mol. The van der Waals surface area contributed by atoms with Gasteiger partial charge in [-0.25, -0.2) is 9.48 Å². The third kappa shape index (κ3) is 6.03. The van der Waals surface area contributed by atoms with Crippen LogP contribution in [0.5, 0.6) is 0 Å². The normalized spacial score (nSPS) is 27.0. The molecular formula is C26H39ClN5O10P. The number of halogens is 1. The van der Waals surface area contributed by atoms with Crippen LogP contribution >= 0.6 is 19.2 Å². The van der Waals surface area contributed by atoms with Crippen molar-refractivity contribution < 1.29 is 47.6 Å². The van der Waals surface area contributed by atoms with Crippen molar-refractivity contribution in [2.45, 2.75) is 102 Å². The Bertz CT molecular complexity index is 1360. The molecule has 0 radical (unpaired) electrons. The Kier molecular flexibility index (Phi) is 9.40. The molecule has 0 spiro atoms. The topological polar surface area (TPSA) is 177 Å². The summed E-state index contributed by atoms with van der Waals surface area (Å²) in [5.74, 6) is -0.828. The highest BCUT2D eigenvalue weighted by Gasteiger charge is 2.58. The van der Waals surface area contributed by atoms with E-state index in [1.165, 1.54) is 22.7 Å². The zero-order chi connectivity index (χ0) is 31.2. The fourth-order valence-electron chi connectivity index (χ4n) is 5.95. The van der Waals surface area contributed by atoms with Crippen molar-refractivity contribution in [2.75, 3.05) is 31.3 Å². The maximum atomic E-state index is 13.5. The summed E-state index contributed by atoms with van der Waals surface area (Å²) < 4.78 is 50.7. The highest BCUT2D eigenvalue weighted by molar-refractivity contribution is 7.55. The maximum Gasteiger partial charge on any atom is 0.413 e. The molecule has 43 heavy (non-hydrogen) atoms. The number of hydrogen-bond acceptors (Lipinski definition) is 12. The number of carbonyl (C=O) groups is 1. The standard InChI is InChI=1S/C26H39ClN5O10P/c1-6-38-43(36,39-7-2)26(5,14-33)37-13-17-18-19(42-25(3,4)41-18)22(40-17)32-21-16(12-28-32)20(29-23(27)30-21)31(24(34)35)15-10-8-9-11-15/h12,15,17-19,22,33H,6-11,13-14H2,1-5H3,(H,34,35)/t17-,18-,19-,22-,26?/m1/s1. The third-order valence-electron chi connectivity index (χ3n) is 7.93. The number of hydrogen-bond donors (Lipinski definition) is 2. The number of carboxylic acid groups (broad SMARTS) is 1. The van der Waals surface area contributed by atoms with E-state index in [1.54, 1.807) is 27.7 Å².